The quantitative estimate of drug-likeness (QED) is 0.532. The molecule has 1 aliphatic heterocycles. The molecule has 0 saturated carbocycles. The largest absolute Gasteiger partial charge is 0.435 e. The van der Waals surface area contributed by atoms with E-state index in [9.17, 15) is 4.79 Å². The van der Waals surface area contributed by atoms with Gasteiger partial charge in [0.15, 0.2) is 0 Å². The smallest absolute Gasteiger partial charge is 0.304 e. The summed E-state index contributed by atoms with van der Waals surface area (Å²) in [6, 6.07) is 21.1. The number of carbonyl (C=O) groups is 1. The highest BCUT2D eigenvalue weighted by Gasteiger charge is 2.50. The number of rotatable bonds is 6. The maximum absolute atomic E-state index is 11.2. The predicted octanol–water partition coefficient (Wildman–Crippen LogP) is 3.54. The molecule has 0 aromatic heterocycles. The van der Waals surface area contributed by atoms with Crippen molar-refractivity contribution < 1.29 is 18.7 Å². The molecule has 1 aliphatic rings. The van der Waals surface area contributed by atoms with E-state index < -0.39 is 14.6 Å². The van der Waals surface area contributed by atoms with Gasteiger partial charge in [-0.1, -0.05) is 81.4 Å². The van der Waals surface area contributed by atoms with Crippen LogP contribution in [0.1, 0.15) is 27.7 Å². The lowest BCUT2D eigenvalue weighted by Crippen LogP contribution is -2.67. The fourth-order valence-corrected chi connectivity index (χ4v) is 9.29. The molecule has 1 unspecified atom stereocenters. The van der Waals surface area contributed by atoms with Crippen LogP contribution < -0.4 is 10.4 Å². The highest BCUT2D eigenvalue weighted by molar-refractivity contribution is 8.00. The van der Waals surface area contributed by atoms with Crippen LogP contribution in [0.5, 0.6) is 0 Å². The molecule has 2 aromatic rings. The molecule has 1 heterocycles. The Bertz CT molecular complexity index is 737. The number of thioether (sulfide) groups is 1. The summed E-state index contributed by atoms with van der Waals surface area (Å²) < 4.78 is 17.9. The lowest BCUT2D eigenvalue weighted by molar-refractivity contribution is -0.171. The summed E-state index contributed by atoms with van der Waals surface area (Å²) >= 11 is 1.63. The first-order chi connectivity index (χ1) is 13.3. The van der Waals surface area contributed by atoms with Gasteiger partial charge in [-0.2, -0.15) is 0 Å². The summed E-state index contributed by atoms with van der Waals surface area (Å²) in [6.45, 7) is 8.62. The van der Waals surface area contributed by atoms with Crippen LogP contribution in [0.2, 0.25) is 5.04 Å². The van der Waals surface area contributed by atoms with Gasteiger partial charge in [-0.3, -0.25) is 4.79 Å². The third-order valence-electron chi connectivity index (χ3n) is 4.87. The zero-order chi connectivity index (χ0) is 20.2. The molecule has 0 amide bonds. The van der Waals surface area contributed by atoms with Crippen molar-refractivity contribution >= 4 is 36.4 Å². The highest BCUT2D eigenvalue weighted by Crippen LogP contribution is 2.38. The van der Waals surface area contributed by atoms with Gasteiger partial charge in [0.2, 0.25) is 6.29 Å². The summed E-state index contributed by atoms with van der Waals surface area (Å²) in [5.74, 6) is 0.313. The van der Waals surface area contributed by atoms with Crippen molar-refractivity contribution in [1.29, 1.82) is 0 Å². The molecule has 6 heteroatoms. The summed E-state index contributed by atoms with van der Waals surface area (Å²) in [5, 5.41) is 2.41. The molecule has 0 bridgehead atoms. The lowest BCUT2D eigenvalue weighted by Gasteiger charge is -2.43. The molecule has 1 fully saturated rings. The molecule has 4 nitrogen and oxygen atoms in total. The molecule has 0 spiro atoms. The van der Waals surface area contributed by atoms with E-state index in [2.05, 4.69) is 69.3 Å². The number of esters is 1. The zero-order valence-corrected chi connectivity index (χ0v) is 18.7. The van der Waals surface area contributed by atoms with Gasteiger partial charge >= 0.3 is 5.97 Å². The van der Waals surface area contributed by atoms with E-state index in [-0.39, 0.29) is 16.4 Å². The van der Waals surface area contributed by atoms with E-state index >= 15 is 0 Å². The molecule has 0 N–H and O–H groups in total. The van der Waals surface area contributed by atoms with Crippen molar-refractivity contribution in [3.05, 3.63) is 60.7 Å². The molecule has 2 aromatic carbocycles. The Morgan fingerprint density at radius 1 is 1.07 bits per heavy atom. The van der Waals surface area contributed by atoms with Crippen LogP contribution in [0, 0.1) is 0 Å². The molecule has 0 aliphatic carbocycles. The van der Waals surface area contributed by atoms with E-state index in [0.717, 1.165) is 0 Å². The number of hydrogen-bond donors (Lipinski definition) is 0. The monoisotopic (exact) mass is 416 g/mol. The van der Waals surface area contributed by atoms with E-state index in [1.807, 2.05) is 12.1 Å². The Balaban J connectivity index is 1.90. The fraction of sp³-hybridized carbons (Fsp3) is 0.409. The molecule has 150 valence electrons. The Morgan fingerprint density at radius 3 is 2.07 bits per heavy atom. The average molecular weight is 417 g/mol. The first-order valence-corrected chi connectivity index (χ1v) is 12.5. The molecule has 1 saturated heterocycles. The molecular formula is C22H28O4SSi. The maximum Gasteiger partial charge on any atom is 0.304 e. The minimum atomic E-state index is -2.57. The number of ether oxygens (including phenoxy) is 2. The van der Waals surface area contributed by atoms with Crippen LogP contribution in [0.25, 0.3) is 0 Å². The average Bonchev–Trinajstić information content (AvgIpc) is 3.09. The minimum Gasteiger partial charge on any atom is -0.435 e. The van der Waals surface area contributed by atoms with Crippen molar-refractivity contribution in [1.82, 2.24) is 0 Å². The fourth-order valence-electron chi connectivity index (χ4n) is 3.72. The summed E-state index contributed by atoms with van der Waals surface area (Å²) in [4.78, 5) is 11.2. The Morgan fingerprint density at radius 2 is 1.61 bits per heavy atom. The predicted molar refractivity (Wildman–Crippen MR) is 116 cm³/mol. The summed E-state index contributed by atoms with van der Waals surface area (Å²) in [5.41, 5.74) is -0.147. The number of benzene rings is 2. The van der Waals surface area contributed by atoms with Crippen LogP contribution in [-0.4, -0.2) is 38.4 Å². The summed E-state index contributed by atoms with van der Waals surface area (Å²) in [6.07, 6.45) is -0.491. The number of carbonyl (C=O) groups excluding carboxylic acids is 1. The topological polar surface area (TPSA) is 44.8 Å². The van der Waals surface area contributed by atoms with Gasteiger partial charge in [-0.25, -0.2) is 0 Å². The lowest BCUT2D eigenvalue weighted by atomic mass is 10.2. The van der Waals surface area contributed by atoms with Crippen molar-refractivity contribution in [3.63, 3.8) is 0 Å². The van der Waals surface area contributed by atoms with E-state index in [0.29, 0.717) is 12.4 Å². The standard InChI is InChI=1S/C22H28O4SSi/c1-17(23)25-20-16-27-21(26-20)15-24-28(22(2,3)4,18-11-7-5-8-12-18)19-13-9-6-10-14-19/h5-14,20-21H,15-16H2,1-4H3/t20-,21?/m0/s1. The van der Waals surface area contributed by atoms with E-state index in [1.165, 1.54) is 17.3 Å². The normalized spacial score (nSPS) is 20.1. The van der Waals surface area contributed by atoms with Crippen molar-refractivity contribution in [2.45, 2.75) is 44.5 Å². The van der Waals surface area contributed by atoms with Crippen LogP contribution in [0.3, 0.4) is 0 Å². The van der Waals surface area contributed by atoms with Gasteiger partial charge in [-0.15, -0.1) is 11.8 Å². The SMILES string of the molecule is CC(=O)O[C@@H]1CSC(CO[Si](c2ccccc2)(c2ccccc2)C(C)(C)C)O1. The zero-order valence-electron chi connectivity index (χ0n) is 16.9. The Kier molecular flexibility index (Phi) is 6.65. The molecule has 28 heavy (non-hydrogen) atoms. The van der Waals surface area contributed by atoms with Crippen molar-refractivity contribution in [3.8, 4) is 0 Å². The molecule has 2 atom stereocenters. The van der Waals surface area contributed by atoms with Crippen molar-refractivity contribution in [2.75, 3.05) is 12.4 Å². The highest BCUT2D eigenvalue weighted by atomic mass is 32.2. The van der Waals surface area contributed by atoms with Gasteiger partial charge in [0, 0.05) is 6.92 Å². The van der Waals surface area contributed by atoms with Crippen LogP contribution in [0.4, 0.5) is 0 Å². The van der Waals surface area contributed by atoms with Crippen molar-refractivity contribution in [2.24, 2.45) is 0 Å². The minimum absolute atomic E-state index is 0.0751. The van der Waals surface area contributed by atoms with Gasteiger partial charge < -0.3 is 13.9 Å². The van der Waals surface area contributed by atoms with E-state index in [4.69, 9.17) is 13.9 Å². The molecule has 3 rings (SSSR count). The van der Waals surface area contributed by atoms with Gasteiger partial charge in [0.25, 0.3) is 8.32 Å². The van der Waals surface area contributed by atoms with Crippen LogP contribution >= 0.6 is 11.8 Å². The first-order valence-electron chi connectivity index (χ1n) is 9.52. The third-order valence-corrected chi connectivity index (χ3v) is 11.0. The van der Waals surface area contributed by atoms with E-state index in [1.54, 1.807) is 11.8 Å². The Hall–Kier alpha value is -1.60. The van der Waals surface area contributed by atoms with Crippen LogP contribution in [-0.2, 0) is 18.7 Å². The summed E-state index contributed by atoms with van der Waals surface area (Å²) in [7, 11) is -2.57. The second-order valence-electron chi connectivity index (χ2n) is 7.91. The van der Waals surface area contributed by atoms with Gasteiger partial charge in [-0.05, 0) is 15.4 Å². The molecular weight excluding hydrogens is 388 g/mol. The maximum atomic E-state index is 11.2. The van der Waals surface area contributed by atoms with Gasteiger partial charge in [0.05, 0.1) is 12.4 Å². The first kappa shape index (κ1) is 21.1. The second kappa shape index (κ2) is 8.82. The number of hydrogen-bond acceptors (Lipinski definition) is 5. The van der Waals surface area contributed by atoms with Crippen LogP contribution in [0.15, 0.2) is 60.7 Å². The third kappa shape index (κ3) is 4.51. The Labute approximate surface area is 172 Å². The second-order valence-corrected chi connectivity index (χ2v) is 13.4. The molecule has 0 radical (unpaired) electrons. The van der Waals surface area contributed by atoms with Gasteiger partial charge in [0.1, 0.15) is 5.44 Å².